The molecule has 1 amide bonds. The number of carbonyl (C=O) groups is 1. The normalized spacial score (nSPS) is 11.3. The first kappa shape index (κ1) is 15.0. The highest BCUT2D eigenvalue weighted by atomic mass is 32.2. The smallest absolute Gasteiger partial charge is 0.230 e. The van der Waals surface area contributed by atoms with Gasteiger partial charge >= 0.3 is 0 Å². The van der Waals surface area contributed by atoms with E-state index in [9.17, 15) is 9.18 Å². The number of carbonyl (C=O) groups excluding carboxylic acids is 1. The van der Waals surface area contributed by atoms with Crippen molar-refractivity contribution in [3.8, 4) is 0 Å². The van der Waals surface area contributed by atoms with Gasteiger partial charge in [0.2, 0.25) is 5.91 Å². The zero-order chi connectivity index (χ0) is 13.6. The molecule has 0 saturated carbocycles. The topological polar surface area (TPSA) is 49.3 Å². The van der Waals surface area contributed by atoms with Gasteiger partial charge in [0.1, 0.15) is 5.82 Å². The van der Waals surface area contributed by atoms with Crippen molar-refractivity contribution in [1.82, 2.24) is 5.32 Å². The number of benzene rings is 1. The van der Waals surface area contributed by atoms with Crippen LogP contribution in [0.4, 0.5) is 4.39 Å². The van der Waals surface area contributed by atoms with Gasteiger partial charge in [-0.05, 0) is 24.3 Å². The highest BCUT2D eigenvalue weighted by Gasteiger charge is 2.17. The van der Waals surface area contributed by atoms with Gasteiger partial charge in [-0.3, -0.25) is 4.79 Å². The number of amides is 1. The van der Waals surface area contributed by atoms with Crippen molar-refractivity contribution in [3.05, 3.63) is 30.1 Å². The van der Waals surface area contributed by atoms with Crippen molar-refractivity contribution in [2.24, 2.45) is 5.41 Å². The molecular formula is C13H18FNO2S. The molecule has 1 rings (SSSR count). The van der Waals surface area contributed by atoms with Crippen LogP contribution < -0.4 is 5.32 Å². The van der Waals surface area contributed by atoms with Crippen molar-refractivity contribution < 1.29 is 14.3 Å². The van der Waals surface area contributed by atoms with Crippen molar-refractivity contribution in [2.75, 3.05) is 18.9 Å². The Balaban J connectivity index is 2.31. The Kier molecular flexibility index (Phi) is 5.62. The van der Waals surface area contributed by atoms with Crippen LogP contribution in [-0.2, 0) is 4.79 Å². The van der Waals surface area contributed by atoms with Crippen LogP contribution in [0.15, 0.2) is 29.2 Å². The minimum absolute atomic E-state index is 0.0262. The van der Waals surface area contributed by atoms with Gasteiger partial charge in [-0.15, -0.1) is 11.8 Å². The second-order valence-corrected chi connectivity index (χ2v) is 5.89. The van der Waals surface area contributed by atoms with Gasteiger partial charge in [-0.2, -0.15) is 0 Å². The van der Waals surface area contributed by atoms with Crippen LogP contribution in [0.3, 0.4) is 0 Å². The Morgan fingerprint density at radius 3 is 2.56 bits per heavy atom. The summed E-state index contributed by atoms with van der Waals surface area (Å²) in [6.45, 7) is 4.21. The number of halogens is 1. The number of aliphatic hydroxyl groups is 1. The summed E-state index contributed by atoms with van der Waals surface area (Å²) < 4.78 is 12.7. The third-order valence-corrected chi connectivity index (χ3v) is 3.39. The van der Waals surface area contributed by atoms with E-state index in [0.29, 0.717) is 6.54 Å². The number of thioether (sulfide) groups is 1. The number of hydrogen-bond acceptors (Lipinski definition) is 3. The average molecular weight is 271 g/mol. The molecule has 0 heterocycles. The molecule has 0 saturated heterocycles. The molecule has 0 unspecified atom stereocenters. The SMILES string of the molecule is CC(C)(CO)CNC(=O)CSc1ccc(F)cc1. The number of hydrogen-bond donors (Lipinski definition) is 2. The van der Waals surface area contributed by atoms with Gasteiger partial charge < -0.3 is 10.4 Å². The Bertz CT molecular complexity index is 392. The van der Waals surface area contributed by atoms with Crippen LogP contribution in [0.1, 0.15) is 13.8 Å². The third-order valence-electron chi connectivity index (χ3n) is 2.38. The zero-order valence-corrected chi connectivity index (χ0v) is 11.4. The van der Waals surface area contributed by atoms with Gasteiger partial charge in [0.15, 0.2) is 0 Å². The molecule has 0 atom stereocenters. The monoisotopic (exact) mass is 271 g/mol. The standard InChI is InChI=1S/C13H18FNO2S/c1-13(2,9-16)8-15-12(17)7-18-11-5-3-10(14)4-6-11/h3-6,16H,7-9H2,1-2H3,(H,15,17). The third kappa shape index (κ3) is 5.51. The lowest BCUT2D eigenvalue weighted by Gasteiger charge is -2.21. The maximum absolute atomic E-state index is 12.7. The predicted octanol–water partition coefficient (Wildman–Crippen LogP) is 2.05. The van der Waals surface area contributed by atoms with Gasteiger partial charge in [0.25, 0.3) is 0 Å². The molecule has 1 aromatic rings. The molecule has 0 aliphatic rings. The largest absolute Gasteiger partial charge is 0.396 e. The maximum atomic E-state index is 12.7. The average Bonchev–Trinajstić information content (AvgIpc) is 2.36. The molecule has 0 aliphatic heterocycles. The first-order valence-electron chi connectivity index (χ1n) is 5.69. The van der Waals surface area contributed by atoms with Crippen LogP contribution in [0.25, 0.3) is 0 Å². The molecule has 0 aliphatic carbocycles. The molecule has 5 heteroatoms. The molecule has 18 heavy (non-hydrogen) atoms. The minimum atomic E-state index is -0.309. The van der Waals surface area contributed by atoms with E-state index in [-0.39, 0.29) is 29.5 Å². The molecule has 3 nitrogen and oxygen atoms in total. The minimum Gasteiger partial charge on any atom is -0.396 e. The molecule has 0 bridgehead atoms. The van der Waals surface area contributed by atoms with E-state index in [0.717, 1.165) is 4.90 Å². The zero-order valence-electron chi connectivity index (χ0n) is 10.6. The van der Waals surface area contributed by atoms with Crippen molar-refractivity contribution in [3.63, 3.8) is 0 Å². The lowest BCUT2D eigenvalue weighted by Crippen LogP contribution is -2.36. The summed E-state index contributed by atoms with van der Waals surface area (Å²) in [6.07, 6.45) is 0. The second kappa shape index (κ2) is 6.75. The van der Waals surface area contributed by atoms with Crippen molar-refractivity contribution >= 4 is 17.7 Å². The molecule has 100 valence electrons. The maximum Gasteiger partial charge on any atom is 0.230 e. The van der Waals surface area contributed by atoms with Crippen LogP contribution in [0.2, 0.25) is 0 Å². The molecule has 0 radical (unpaired) electrons. The summed E-state index contributed by atoms with van der Waals surface area (Å²) in [5, 5.41) is 11.8. The Labute approximate surface area is 111 Å². The van der Waals surface area contributed by atoms with Crippen LogP contribution in [0.5, 0.6) is 0 Å². The van der Waals surface area contributed by atoms with Crippen molar-refractivity contribution in [2.45, 2.75) is 18.7 Å². The highest BCUT2D eigenvalue weighted by molar-refractivity contribution is 8.00. The van der Waals surface area contributed by atoms with Crippen LogP contribution in [-0.4, -0.2) is 29.9 Å². The number of rotatable bonds is 6. The summed E-state index contributed by atoms with van der Waals surface area (Å²) in [5.74, 6) is -0.0907. The highest BCUT2D eigenvalue weighted by Crippen LogP contribution is 2.18. The number of nitrogens with one attached hydrogen (secondary N) is 1. The summed E-state index contributed by atoms with van der Waals surface area (Å²) in [5.41, 5.74) is -0.309. The van der Waals surface area contributed by atoms with E-state index in [1.54, 1.807) is 12.1 Å². The first-order valence-corrected chi connectivity index (χ1v) is 6.67. The number of aliphatic hydroxyl groups excluding tert-OH is 1. The molecule has 0 aromatic heterocycles. The lowest BCUT2D eigenvalue weighted by molar-refractivity contribution is -0.119. The molecule has 1 aromatic carbocycles. The fourth-order valence-corrected chi connectivity index (χ4v) is 1.85. The quantitative estimate of drug-likeness (QED) is 0.779. The Hall–Kier alpha value is -1.07. The van der Waals surface area contributed by atoms with Crippen LogP contribution >= 0.6 is 11.8 Å². The van der Waals surface area contributed by atoms with E-state index < -0.39 is 0 Å². The van der Waals surface area contributed by atoms with Crippen molar-refractivity contribution in [1.29, 1.82) is 0 Å². The van der Waals surface area contributed by atoms with Gasteiger partial charge in [0.05, 0.1) is 5.75 Å². The predicted molar refractivity (Wildman–Crippen MR) is 71.0 cm³/mol. The Morgan fingerprint density at radius 2 is 2.00 bits per heavy atom. The lowest BCUT2D eigenvalue weighted by atomic mass is 9.95. The summed E-state index contributed by atoms with van der Waals surface area (Å²) in [4.78, 5) is 12.4. The molecule has 2 N–H and O–H groups in total. The van der Waals surface area contributed by atoms with E-state index in [2.05, 4.69) is 5.32 Å². The van der Waals surface area contributed by atoms with Gasteiger partial charge in [-0.25, -0.2) is 4.39 Å². The van der Waals surface area contributed by atoms with Gasteiger partial charge in [-0.1, -0.05) is 13.8 Å². The van der Waals surface area contributed by atoms with Gasteiger partial charge in [0, 0.05) is 23.5 Å². The Morgan fingerprint density at radius 1 is 1.39 bits per heavy atom. The molecular weight excluding hydrogens is 253 g/mol. The van der Waals surface area contributed by atoms with Crippen LogP contribution in [0, 0.1) is 11.2 Å². The fraction of sp³-hybridized carbons (Fsp3) is 0.462. The van der Waals surface area contributed by atoms with E-state index >= 15 is 0 Å². The molecule has 0 spiro atoms. The first-order chi connectivity index (χ1) is 8.43. The van der Waals surface area contributed by atoms with E-state index in [1.165, 1.54) is 23.9 Å². The summed E-state index contributed by atoms with van der Waals surface area (Å²) >= 11 is 1.35. The fourth-order valence-electron chi connectivity index (χ4n) is 1.12. The second-order valence-electron chi connectivity index (χ2n) is 4.84. The van der Waals surface area contributed by atoms with E-state index in [1.807, 2.05) is 13.8 Å². The summed E-state index contributed by atoms with van der Waals surface area (Å²) in [7, 11) is 0. The molecule has 0 fully saturated rings. The van der Waals surface area contributed by atoms with E-state index in [4.69, 9.17) is 5.11 Å². The summed E-state index contributed by atoms with van der Waals surface area (Å²) in [6, 6.07) is 6.03.